The maximum Gasteiger partial charge on any atom is 0.306 e. The van der Waals surface area contributed by atoms with Gasteiger partial charge in [0.05, 0.1) is 25.2 Å². The fraction of sp³-hybridized carbons (Fsp3) is 0.633. The lowest BCUT2D eigenvalue weighted by Crippen LogP contribution is -2.46. The van der Waals surface area contributed by atoms with Crippen molar-refractivity contribution in [3.8, 4) is 0 Å². The quantitative estimate of drug-likeness (QED) is 0.0253. The van der Waals surface area contributed by atoms with Crippen LogP contribution in [0, 0.1) is 0 Å². The summed E-state index contributed by atoms with van der Waals surface area (Å²) in [4.78, 5) is 25.9. The molecule has 3 unspecified atom stereocenters. The van der Waals surface area contributed by atoms with Crippen LogP contribution in [0.15, 0.2) is 97.2 Å². The lowest BCUT2D eigenvalue weighted by atomic mass is 10.0. The lowest BCUT2D eigenvalue weighted by molar-refractivity contribution is -0.151. The van der Waals surface area contributed by atoms with Crippen LogP contribution in [0.3, 0.4) is 0 Å². The molecule has 3 N–H and O–H groups in total. The summed E-state index contributed by atoms with van der Waals surface area (Å²) in [6.45, 7) is 6.15. The van der Waals surface area contributed by atoms with Gasteiger partial charge in [0.2, 0.25) is 5.91 Å². The Morgan fingerprint density at radius 3 is 1.71 bits per heavy atom. The van der Waals surface area contributed by atoms with E-state index in [9.17, 15) is 19.8 Å². The number of nitrogens with one attached hydrogen (secondary N) is 1. The molecule has 3 atom stereocenters. The van der Waals surface area contributed by atoms with E-state index in [-0.39, 0.29) is 24.9 Å². The zero-order valence-corrected chi connectivity index (χ0v) is 35.3. The van der Waals surface area contributed by atoms with Gasteiger partial charge in [0.15, 0.2) is 0 Å². The molecule has 0 bridgehead atoms. The molecule has 0 saturated carbocycles. The van der Waals surface area contributed by atoms with Gasteiger partial charge in [0.25, 0.3) is 0 Å². The second kappa shape index (κ2) is 41.9. The van der Waals surface area contributed by atoms with Gasteiger partial charge in [-0.1, -0.05) is 182 Å². The number of amides is 1. The Morgan fingerprint density at radius 2 is 1.09 bits per heavy atom. The molecule has 0 fully saturated rings. The standard InChI is InChI=1S/C49H81NO5/c1-4-7-10-13-16-19-21-23-25-26-29-31-34-37-40-45(55-49(54)42-39-36-33-30-27-24-22-20-17-14-11-8-5-2)43-48(53)50-46(44-51)47(52)41-38-35-32-28-18-15-12-9-6-3/h7-8,10-11,14,16-17,19-20,22-25,27,29,31,45-47,51-52H,4-6,9,12-13,15,18,21,26,28,30,32-44H2,1-3H3,(H,50,53)/b10-7+,11-8+,17-14+,19-16+,22-20-,25-23+,27-24-,31-29+. The van der Waals surface area contributed by atoms with Crippen LogP contribution in [0.1, 0.15) is 175 Å². The molecule has 312 valence electrons. The predicted molar refractivity (Wildman–Crippen MR) is 236 cm³/mol. The summed E-state index contributed by atoms with van der Waals surface area (Å²) < 4.78 is 5.85. The minimum Gasteiger partial charge on any atom is -0.462 e. The number of hydrogen-bond donors (Lipinski definition) is 3. The molecular weight excluding hydrogens is 683 g/mol. The first-order valence-electron chi connectivity index (χ1n) is 22.0. The highest BCUT2D eigenvalue weighted by molar-refractivity contribution is 5.77. The number of ether oxygens (including phenoxy) is 1. The largest absolute Gasteiger partial charge is 0.462 e. The summed E-state index contributed by atoms with van der Waals surface area (Å²) in [5, 5.41) is 23.5. The van der Waals surface area contributed by atoms with Crippen LogP contribution in [-0.2, 0) is 14.3 Å². The van der Waals surface area contributed by atoms with Crippen molar-refractivity contribution in [1.29, 1.82) is 0 Å². The molecule has 0 radical (unpaired) electrons. The van der Waals surface area contributed by atoms with Crippen molar-refractivity contribution in [1.82, 2.24) is 5.32 Å². The third-order valence-corrected chi connectivity index (χ3v) is 9.25. The molecular formula is C49H81NO5. The third-order valence-electron chi connectivity index (χ3n) is 9.25. The first-order chi connectivity index (χ1) is 27.0. The van der Waals surface area contributed by atoms with E-state index in [2.05, 4.69) is 86.8 Å². The van der Waals surface area contributed by atoms with Crippen LogP contribution in [0.5, 0.6) is 0 Å². The Balaban J connectivity index is 4.82. The molecule has 1 amide bonds. The fourth-order valence-electron chi connectivity index (χ4n) is 5.96. The second-order valence-corrected chi connectivity index (χ2v) is 14.4. The number of carbonyl (C=O) groups excluding carboxylic acids is 2. The summed E-state index contributed by atoms with van der Waals surface area (Å²) in [6.07, 6.45) is 54.7. The average molecular weight is 764 g/mol. The maximum absolute atomic E-state index is 13.1. The normalized spacial score (nSPS) is 14.3. The topological polar surface area (TPSA) is 95.9 Å². The number of carbonyl (C=O) groups is 2. The Kier molecular flexibility index (Phi) is 39.5. The van der Waals surface area contributed by atoms with Gasteiger partial charge in [0.1, 0.15) is 6.10 Å². The van der Waals surface area contributed by atoms with Gasteiger partial charge in [-0.05, 0) is 77.0 Å². The molecule has 0 aliphatic rings. The minimum atomic E-state index is -0.812. The van der Waals surface area contributed by atoms with E-state index in [0.717, 1.165) is 89.9 Å². The van der Waals surface area contributed by atoms with Crippen molar-refractivity contribution in [3.63, 3.8) is 0 Å². The van der Waals surface area contributed by atoms with E-state index >= 15 is 0 Å². The SMILES string of the molecule is CC/C=C/C=C/C=C\C=C/CCCCCC(=O)OC(CCC/C=C/C/C=C/C/C=C/C/C=C/CC)CC(=O)NC(CO)C(O)CCCCCCCCCCC. The van der Waals surface area contributed by atoms with E-state index in [1.807, 2.05) is 36.5 Å². The maximum atomic E-state index is 13.1. The predicted octanol–water partition coefficient (Wildman–Crippen LogP) is 12.6. The molecule has 0 aromatic carbocycles. The van der Waals surface area contributed by atoms with Gasteiger partial charge >= 0.3 is 5.97 Å². The molecule has 0 aromatic rings. The van der Waals surface area contributed by atoms with E-state index in [1.54, 1.807) is 0 Å². The van der Waals surface area contributed by atoms with Gasteiger partial charge in [-0.2, -0.15) is 0 Å². The molecule has 0 heterocycles. The zero-order chi connectivity index (χ0) is 40.3. The Hall–Kier alpha value is -3.22. The summed E-state index contributed by atoms with van der Waals surface area (Å²) in [6, 6.07) is -0.730. The number of allylic oxidation sites excluding steroid dienone is 16. The van der Waals surface area contributed by atoms with Crippen LogP contribution < -0.4 is 5.32 Å². The van der Waals surface area contributed by atoms with Gasteiger partial charge < -0.3 is 20.3 Å². The van der Waals surface area contributed by atoms with Crippen LogP contribution in [0.4, 0.5) is 0 Å². The van der Waals surface area contributed by atoms with Crippen molar-refractivity contribution in [2.45, 2.75) is 193 Å². The Labute approximate surface area is 337 Å². The van der Waals surface area contributed by atoms with Gasteiger partial charge in [-0.3, -0.25) is 9.59 Å². The number of esters is 1. The lowest BCUT2D eigenvalue weighted by Gasteiger charge is -2.24. The second-order valence-electron chi connectivity index (χ2n) is 14.4. The van der Waals surface area contributed by atoms with E-state index in [4.69, 9.17) is 4.74 Å². The number of aliphatic hydroxyl groups excluding tert-OH is 2. The molecule has 55 heavy (non-hydrogen) atoms. The van der Waals surface area contributed by atoms with Crippen molar-refractivity contribution in [2.75, 3.05) is 6.61 Å². The smallest absolute Gasteiger partial charge is 0.306 e. The molecule has 0 aliphatic carbocycles. The number of rotatable bonds is 37. The third kappa shape index (κ3) is 37.5. The molecule has 0 aromatic heterocycles. The van der Waals surface area contributed by atoms with E-state index < -0.39 is 18.2 Å². The molecule has 0 saturated heterocycles. The highest BCUT2D eigenvalue weighted by atomic mass is 16.5. The monoisotopic (exact) mass is 764 g/mol. The molecule has 0 aliphatic heterocycles. The highest BCUT2D eigenvalue weighted by Gasteiger charge is 2.23. The van der Waals surface area contributed by atoms with Crippen LogP contribution >= 0.6 is 0 Å². The molecule has 0 rings (SSSR count). The first kappa shape index (κ1) is 51.8. The summed E-state index contributed by atoms with van der Waals surface area (Å²) in [5.41, 5.74) is 0. The van der Waals surface area contributed by atoms with Gasteiger partial charge in [-0.15, -0.1) is 0 Å². The van der Waals surface area contributed by atoms with E-state index in [0.29, 0.717) is 19.3 Å². The van der Waals surface area contributed by atoms with Crippen LogP contribution in [-0.4, -0.2) is 46.9 Å². The minimum absolute atomic E-state index is 0.0174. The Bertz CT molecular complexity index is 1130. The van der Waals surface area contributed by atoms with Crippen LogP contribution in [0.25, 0.3) is 0 Å². The average Bonchev–Trinajstić information content (AvgIpc) is 3.18. The molecule has 6 nitrogen and oxygen atoms in total. The summed E-state index contributed by atoms with van der Waals surface area (Å²) >= 11 is 0. The number of aliphatic hydroxyl groups is 2. The van der Waals surface area contributed by atoms with Crippen molar-refractivity contribution in [2.24, 2.45) is 0 Å². The number of hydrogen-bond acceptors (Lipinski definition) is 5. The van der Waals surface area contributed by atoms with Gasteiger partial charge in [0, 0.05) is 6.42 Å². The fourth-order valence-corrected chi connectivity index (χ4v) is 5.96. The molecule has 6 heteroatoms. The van der Waals surface area contributed by atoms with Gasteiger partial charge in [-0.25, -0.2) is 0 Å². The Morgan fingerprint density at radius 1 is 0.564 bits per heavy atom. The van der Waals surface area contributed by atoms with Crippen molar-refractivity contribution in [3.05, 3.63) is 97.2 Å². The van der Waals surface area contributed by atoms with Crippen molar-refractivity contribution >= 4 is 11.9 Å². The van der Waals surface area contributed by atoms with E-state index in [1.165, 1.54) is 38.5 Å². The molecule has 0 spiro atoms. The van der Waals surface area contributed by atoms with Crippen molar-refractivity contribution < 1.29 is 24.5 Å². The highest BCUT2D eigenvalue weighted by Crippen LogP contribution is 2.15. The zero-order valence-electron chi connectivity index (χ0n) is 35.3. The van der Waals surface area contributed by atoms with Crippen LogP contribution in [0.2, 0.25) is 0 Å². The summed E-state index contributed by atoms with van der Waals surface area (Å²) in [7, 11) is 0. The first-order valence-corrected chi connectivity index (χ1v) is 22.0. The number of unbranched alkanes of at least 4 members (excludes halogenated alkanes) is 12. The summed E-state index contributed by atoms with van der Waals surface area (Å²) in [5.74, 6) is -0.590.